The molecule has 3 nitrogen and oxygen atoms in total. The predicted molar refractivity (Wildman–Crippen MR) is 79.3 cm³/mol. The van der Waals surface area contributed by atoms with Gasteiger partial charge in [0.15, 0.2) is 0 Å². The Morgan fingerprint density at radius 2 is 2.16 bits per heavy atom. The van der Waals surface area contributed by atoms with Crippen LogP contribution in [0.2, 0.25) is 0 Å². The maximum absolute atomic E-state index is 4.32. The third-order valence-electron chi connectivity index (χ3n) is 4.72. The van der Waals surface area contributed by atoms with Gasteiger partial charge in [-0.25, -0.2) is 0 Å². The second-order valence-electron chi connectivity index (χ2n) is 6.21. The van der Waals surface area contributed by atoms with Gasteiger partial charge in [0, 0.05) is 48.8 Å². The Hall–Kier alpha value is -1.09. The normalized spacial score (nSPS) is 27.6. The van der Waals surface area contributed by atoms with Gasteiger partial charge in [-0.2, -0.15) is 0 Å². The van der Waals surface area contributed by atoms with Crippen LogP contribution in [0.1, 0.15) is 45.1 Å². The fraction of sp³-hybridized carbons (Fsp3) is 0.688. The van der Waals surface area contributed by atoms with Crippen molar-refractivity contribution >= 4 is 5.69 Å². The number of nitrogens with one attached hydrogen (secondary N) is 1. The smallest absolute Gasteiger partial charge is 0.0445 e. The Morgan fingerprint density at radius 1 is 1.32 bits per heavy atom. The summed E-state index contributed by atoms with van der Waals surface area (Å²) in [7, 11) is 0. The highest BCUT2D eigenvalue weighted by Crippen LogP contribution is 2.30. The molecule has 0 amide bonds. The molecule has 0 spiro atoms. The highest BCUT2D eigenvalue weighted by atomic mass is 15.2. The summed E-state index contributed by atoms with van der Waals surface area (Å²) in [5.74, 6) is 0.783. The SMILES string of the molecule is CC1CCCN(c2ccncc2CNC2CC2)C1C. The lowest BCUT2D eigenvalue weighted by Gasteiger charge is -2.40. The van der Waals surface area contributed by atoms with E-state index < -0.39 is 0 Å². The van der Waals surface area contributed by atoms with Crippen LogP contribution in [0.4, 0.5) is 5.69 Å². The molecular formula is C16H25N3. The average molecular weight is 259 g/mol. The van der Waals surface area contributed by atoms with Gasteiger partial charge in [0.2, 0.25) is 0 Å². The largest absolute Gasteiger partial charge is 0.368 e. The maximum Gasteiger partial charge on any atom is 0.0445 e. The minimum absolute atomic E-state index is 0.635. The molecule has 2 heterocycles. The van der Waals surface area contributed by atoms with Crippen LogP contribution in [0.25, 0.3) is 0 Å². The number of hydrogen-bond acceptors (Lipinski definition) is 3. The molecule has 0 aromatic carbocycles. The highest BCUT2D eigenvalue weighted by Gasteiger charge is 2.27. The van der Waals surface area contributed by atoms with Crippen molar-refractivity contribution in [2.45, 2.75) is 58.2 Å². The average Bonchev–Trinajstić information content (AvgIpc) is 3.24. The molecule has 0 radical (unpaired) electrons. The highest BCUT2D eigenvalue weighted by molar-refractivity contribution is 5.53. The second kappa shape index (κ2) is 5.49. The van der Waals surface area contributed by atoms with E-state index in [-0.39, 0.29) is 0 Å². The first-order valence-electron chi connectivity index (χ1n) is 7.68. The minimum Gasteiger partial charge on any atom is -0.368 e. The Kier molecular flexibility index (Phi) is 3.74. The van der Waals surface area contributed by atoms with Gasteiger partial charge in [-0.1, -0.05) is 6.92 Å². The second-order valence-corrected chi connectivity index (χ2v) is 6.21. The van der Waals surface area contributed by atoms with Crippen molar-refractivity contribution < 1.29 is 0 Å². The molecule has 1 N–H and O–H groups in total. The van der Waals surface area contributed by atoms with E-state index in [1.165, 1.54) is 43.5 Å². The van der Waals surface area contributed by atoms with Crippen LogP contribution >= 0.6 is 0 Å². The fourth-order valence-electron chi connectivity index (χ4n) is 3.05. The van der Waals surface area contributed by atoms with E-state index in [1.807, 2.05) is 12.4 Å². The van der Waals surface area contributed by atoms with Gasteiger partial charge < -0.3 is 10.2 Å². The maximum atomic E-state index is 4.32. The van der Waals surface area contributed by atoms with E-state index in [0.717, 1.165) is 18.5 Å². The lowest BCUT2D eigenvalue weighted by Crippen LogP contribution is -2.43. The lowest BCUT2D eigenvalue weighted by molar-refractivity contribution is 0.363. The van der Waals surface area contributed by atoms with Crippen LogP contribution in [0.3, 0.4) is 0 Å². The van der Waals surface area contributed by atoms with Crippen LogP contribution in [0.5, 0.6) is 0 Å². The van der Waals surface area contributed by atoms with Crippen molar-refractivity contribution in [3.8, 4) is 0 Å². The number of nitrogens with zero attached hydrogens (tertiary/aromatic N) is 2. The Labute approximate surface area is 116 Å². The molecule has 3 heteroatoms. The van der Waals surface area contributed by atoms with Gasteiger partial charge in [-0.15, -0.1) is 0 Å². The van der Waals surface area contributed by atoms with E-state index >= 15 is 0 Å². The summed E-state index contributed by atoms with van der Waals surface area (Å²) in [5.41, 5.74) is 2.75. The first-order valence-corrected chi connectivity index (χ1v) is 7.68. The molecule has 0 bridgehead atoms. The zero-order valence-corrected chi connectivity index (χ0v) is 12.1. The summed E-state index contributed by atoms with van der Waals surface area (Å²) < 4.78 is 0. The molecule has 3 rings (SSSR count). The van der Waals surface area contributed by atoms with E-state index in [2.05, 4.69) is 35.1 Å². The van der Waals surface area contributed by atoms with Crippen LogP contribution in [0, 0.1) is 5.92 Å². The topological polar surface area (TPSA) is 28.2 Å². The van der Waals surface area contributed by atoms with Crippen molar-refractivity contribution in [3.63, 3.8) is 0 Å². The van der Waals surface area contributed by atoms with E-state index in [4.69, 9.17) is 0 Å². The van der Waals surface area contributed by atoms with Gasteiger partial charge in [-0.05, 0) is 44.6 Å². The molecule has 2 unspecified atom stereocenters. The number of anilines is 1. The number of aromatic nitrogens is 1. The molecule has 2 fully saturated rings. The lowest BCUT2D eigenvalue weighted by atomic mass is 9.91. The molecule has 19 heavy (non-hydrogen) atoms. The summed E-state index contributed by atoms with van der Waals surface area (Å²) in [6.07, 6.45) is 9.32. The molecule has 1 aromatic rings. The number of piperidine rings is 1. The Bertz CT molecular complexity index is 428. The standard InChI is InChI=1S/C16H25N3/c1-12-4-3-9-19(13(12)2)16-7-8-17-10-14(16)11-18-15-5-6-15/h7-8,10,12-13,15,18H,3-6,9,11H2,1-2H3. The summed E-state index contributed by atoms with van der Waals surface area (Å²) in [5, 5.41) is 3.61. The van der Waals surface area contributed by atoms with Crippen molar-refractivity contribution in [2.24, 2.45) is 5.92 Å². The third kappa shape index (κ3) is 2.92. The number of rotatable bonds is 4. The Balaban J connectivity index is 1.77. The van der Waals surface area contributed by atoms with Crippen LogP contribution in [-0.4, -0.2) is 23.6 Å². The molecule has 1 aliphatic heterocycles. The molecule has 2 aliphatic rings. The summed E-state index contributed by atoms with van der Waals surface area (Å²) in [4.78, 5) is 6.90. The summed E-state index contributed by atoms with van der Waals surface area (Å²) in [6, 6.07) is 3.58. The fourth-order valence-corrected chi connectivity index (χ4v) is 3.05. The summed E-state index contributed by atoms with van der Waals surface area (Å²) in [6.45, 7) is 6.89. The van der Waals surface area contributed by atoms with Crippen LogP contribution < -0.4 is 10.2 Å². The molecule has 1 aromatic heterocycles. The first kappa shape index (κ1) is 12.9. The molecular weight excluding hydrogens is 234 g/mol. The third-order valence-corrected chi connectivity index (χ3v) is 4.72. The molecule has 1 saturated heterocycles. The van der Waals surface area contributed by atoms with Gasteiger partial charge in [0.05, 0.1) is 0 Å². The van der Waals surface area contributed by atoms with Crippen molar-refractivity contribution in [1.29, 1.82) is 0 Å². The molecule has 1 saturated carbocycles. The minimum atomic E-state index is 0.635. The first-order chi connectivity index (χ1) is 9.25. The van der Waals surface area contributed by atoms with Crippen molar-refractivity contribution in [2.75, 3.05) is 11.4 Å². The zero-order valence-electron chi connectivity index (χ0n) is 12.1. The van der Waals surface area contributed by atoms with E-state index in [1.54, 1.807) is 0 Å². The van der Waals surface area contributed by atoms with Gasteiger partial charge in [-0.3, -0.25) is 4.98 Å². The quantitative estimate of drug-likeness (QED) is 0.901. The number of hydrogen-bond donors (Lipinski definition) is 1. The molecule has 2 atom stereocenters. The number of pyridine rings is 1. The molecule has 1 aliphatic carbocycles. The van der Waals surface area contributed by atoms with E-state index in [0.29, 0.717) is 6.04 Å². The van der Waals surface area contributed by atoms with Crippen LogP contribution in [0.15, 0.2) is 18.5 Å². The van der Waals surface area contributed by atoms with Crippen molar-refractivity contribution in [1.82, 2.24) is 10.3 Å². The predicted octanol–water partition coefficient (Wildman–Crippen LogP) is 2.96. The van der Waals surface area contributed by atoms with Gasteiger partial charge in [0.1, 0.15) is 0 Å². The van der Waals surface area contributed by atoms with E-state index in [9.17, 15) is 0 Å². The van der Waals surface area contributed by atoms with Crippen LogP contribution in [-0.2, 0) is 6.54 Å². The Morgan fingerprint density at radius 3 is 2.95 bits per heavy atom. The molecule has 104 valence electrons. The monoisotopic (exact) mass is 259 g/mol. The van der Waals surface area contributed by atoms with Crippen molar-refractivity contribution in [3.05, 3.63) is 24.0 Å². The zero-order chi connectivity index (χ0) is 13.2. The van der Waals surface area contributed by atoms with Gasteiger partial charge >= 0.3 is 0 Å². The summed E-state index contributed by atoms with van der Waals surface area (Å²) >= 11 is 0. The van der Waals surface area contributed by atoms with Gasteiger partial charge in [0.25, 0.3) is 0 Å².